The standard InChI is InChI=1S/C6H12N.C2H6.CH3.Y/c1-6-4-3-5-7(6)2;1-2;;/h6H,1,3-5H2,2H3;1-2H3;1H3;/q-1;;-1;. The first kappa shape index (κ1) is 18.0. The third-order valence-corrected chi connectivity index (χ3v) is 1.67. The van der Waals surface area contributed by atoms with Gasteiger partial charge in [0.15, 0.2) is 0 Å². The smallest absolute Gasteiger partial charge is 0 e. The van der Waals surface area contributed by atoms with E-state index in [2.05, 4.69) is 18.9 Å². The van der Waals surface area contributed by atoms with Crippen molar-refractivity contribution in [1.29, 1.82) is 0 Å². The molecular formula is C9H21NY-2. The number of hydrogen-bond donors (Lipinski definition) is 0. The first-order chi connectivity index (χ1) is 4.30. The molecule has 0 bridgehead atoms. The molecule has 1 saturated heterocycles. The quantitative estimate of drug-likeness (QED) is 0.579. The van der Waals surface area contributed by atoms with E-state index in [4.69, 9.17) is 0 Å². The maximum absolute atomic E-state index is 3.94. The molecule has 1 heterocycles. The molecule has 0 aromatic carbocycles. The van der Waals surface area contributed by atoms with Crippen LogP contribution >= 0.6 is 0 Å². The van der Waals surface area contributed by atoms with Crippen LogP contribution in [0.4, 0.5) is 0 Å². The summed E-state index contributed by atoms with van der Waals surface area (Å²) in [4.78, 5) is 2.29. The van der Waals surface area contributed by atoms with E-state index < -0.39 is 0 Å². The van der Waals surface area contributed by atoms with Crippen LogP contribution in [0.2, 0.25) is 0 Å². The predicted molar refractivity (Wildman–Crippen MR) is 48.8 cm³/mol. The van der Waals surface area contributed by atoms with Gasteiger partial charge in [0, 0.05) is 32.7 Å². The predicted octanol–water partition coefficient (Wildman–Crippen LogP) is 2.39. The Labute approximate surface area is 97.8 Å². The molecule has 0 amide bonds. The van der Waals surface area contributed by atoms with Gasteiger partial charge in [0.2, 0.25) is 0 Å². The number of hydrogen-bond acceptors (Lipinski definition) is 1. The van der Waals surface area contributed by atoms with E-state index in [9.17, 15) is 0 Å². The fourth-order valence-electron chi connectivity index (χ4n) is 0.979. The van der Waals surface area contributed by atoms with Crippen molar-refractivity contribution < 1.29 is 32.7 Å². The van der Waals surface area contributed by atoms with Crippen LogP contribution in [0.3, 0.4) is 0 Å². The molecule has 1 nitrogen and oxygen atoms in total. The second-order valence-electron chi connectivity index (χ2n) is 2.28. The molecule has 1 fully saturated rings. The van der Waals surface area contributed by atoms with Gasteiger partial charge in [0.25, 0.3) is 0 Å². The molecule has 0 aliphatic carbocycles. The van der Waals surface area contributed by atoms with Gasteiger partial charge in [-0.25, -0.2) is 0 Å². The van der Waals surface area contributed by atoms with Gasteiger partial charge in [-0.1, -0.05) is 20.3 Å². The van der Waals surface area contributed by atoms with E-state index in [0.717, 1.165) is 0 Å². The molecule has 67 valence electrons. The number of likely N-dealkylation sites (tertiary alicyclic amines) is 1. The Balaban J connectivity index is -0.000000149. The van der Waals surface area contributed by atoms with Crippen LogP contribution < -0.4 is 0 Å². The van der Waals surface area contributed by atoms with Crippen LogP contribution in [0.1, 0.15) is 26.7 Å². The molecule has 1 aliphatic heterocycles. The molecule has 0 spiro atoms. The fourth-order valence-corrected chi connectivity index (χ4v) is 0.979. The van der Waals surface area contributed by atoms with Gasteiger partial charge in [-0.15, -0.1) is 6.04 Å². The third-order valence-electron chi connectivity index (χ3n) is 1.67. The molecule has 0 N–H and O–H groups in total. The molecule has 1 aliphatic rings. The monoisotopic (exact) mass is 232 g/mol. The zero-order chi connectivity index (χ0) is 7.28. The summed E-state index contributed by atoms with van der Waals surface area (Å²) in [6.07, 6.45) is 2.63. The Kier molecular flexibility index (Phi) is 18.1. The first-order valence-corrected chi connectivity index (χ1v) is 3.84. The van der Waals surface area contributed by atoms with Crippen molar-refractivity contribution >= 4 is 0 Å². The minimum Gasteiger partial charge on any atom is -0.358 e. The Morgan fingerprint density at radius 3 is 1.91 bits per heavy atom. The van der Waals surface area contributed by atoms with Crippen molar-refractivity contribution in [2.24, 2.45) is 0 Å². The van der Waals surface area contributed by atoms with E-state index in [0.29, 0.717) is 6.04 Å². The van der Waals surface area contributed by atoms with Crippen LogP contribution in [0, 0.1) is 14.4 Å². The minimum atomic E-state index is 0. The van der Waals surface area contributed by atoms with Crippen molar-refractivity contribution in [1.82, 2.24) is 4.90 Å². The normalized spacial score (nSPS) is 22.4. The molecule has 2 heteroatoms. The largest absolute Gasteiger partial charge is 0.358 e. The molecular weight excluding hydrogens is 211 g/mol. The SMILES string of the molecule is CC.[CH2-]C1CCCN1C.[CH3-].[Y]. The minimum absolute atomic E-state index is 0. The molecule has 0 saturated carbocycles. The molecule has 0 aromatic rings. The summed E-state index contributed by atoms with van der Waals surface area (Å²) >= 11 is 0. The van der Waals surface area contributed by atoms with E-state index in [1.807, 2.05) is 13.8 Å². The average molecular weight is 232 g/mol. The van der Waals surface area contributed by atoms with Crippen LogP contribution in [0.15, 0.2) is 0 Å². The first-order valence-electron chi connectivity index (χ1n) is 3.84. The third kappa shape index (κ3) is 7.43. The van der Waals surface area contributed by atoms with Gasteiger partial charge < -0.3 is 19.3 Å². The Morgan fingerprint density at radius 1 is 1.36 bits per heavy atom. The molecule has 11 heavy (non-hydrogen) atoms. The zero-order valence-corrected chi connectivity index (χ0v) is 11.3. The van der Waals surface area contributed by atoms with Crippen molar-refractivity contribution in [3.05, 3.63) is 14.4 Å². The maximum atomic E-state index is 3.94. The van der Waals surface area contributed by atoms with Gasteiger partial charge >= 0.3 is 0 Å². The molecule has 1 radical (unpaired) electrons. The van der Waals surface area contributed by atoms with Crippen molar-refractivity contribution in [2.45, 2.75) is 32.7 Å². The molecule has 1 atom stereocenters. The Bertz CT molecular complexity index is 58.6. The van der Waals surface area contributed by atoms with Gasteiger partial charge in [-0.2, -0.15) is 0 Å². The van der Waals surface area contributed by atoms with E-state index in [1.54, 1.807) is 0 Å². The van der Waals surface area contributed by atoms with Crippen LogP contribution in [-0.2, 0) is 32.7 Å². The van der Waals surface area contributed by atoms with E-state index in [1.165, 1.54) is 19.4 Å². The average Bonchev–Trinajstić information content (AvgIpc) is 2.23. The topological polar surface area (TPSA) is 3.24 Å². The van der Waals surface area contributed by atoms with Crippen LogP contribution in [0.25, 0.3) is 0 Å². The summed E-state index contributed by atoms with van der Waals surface area (Å²) in [5.41, 5.74) is 0. The van der Waals surface area contributed by atoms with Gasteiger partial charge in [-0.05, 0) is 20.0 Å². The zero-order valence-electron chi connectivity index (χ0n) is 8.43. The maximum Gasteiger partial charge on any atom is 0 e. The molecule has 0 aromatic heterocycles. The summed E-state index contributed by atoms with van der Waals surface area (Å²) < 4.78 is 0. The van der Waals surface area contributed by atoms with Gasteiger partial charge in [-0.3, -0.25) is 0 Å². The summed E-state index contributed by atoms with van der Waals surface area (Å²) in [6.45, 7) is 9.19. The second kappa shape index (κ2) is 11.1. The van der Waals surface area contributed by atoms with Crippen LogP contribution in [0.5, 0.6) is 0 Å². The van der Waals surface area contributed by atoms with Crippen molar-refractivity contribution in [3.63, 3.8) is 0 Å². The van der Waals surface area contributed by atoms with Crippen molar-refractivity contribution in [3.8, 4) is 0 Å². The number of rotatable bonds is 0. The Morgan fingerprint density at radius 2 is 1.82 bits per heavy atom. The van der Waals surface area contributed by atoms with Gasteiger partial charge in [0.05, 0.1) is 0 Å². The summed E-state index contributed by atoms with van der Waals surface area (Å²) in [7, 11) is 2.13. The summed E-state index contributed by atoms with van der Waals surface area (Å²) in [5, 5.41) is 0. The van der Waals surface area contributed by atoms with Crippen LogP contribution in [-0.4, -0.2) is 24.5 Å². The van der Waals surface area contributed by atoms with Crippen molar-refractivity contribution in [2.75, 3.05) is 13.6 Å². The summed E-state index contributed by atoms with van der Waals surface area (Å²) in [5.74, 6) is 0. The van der Waals surface area contributed by atoms with E-state index >= 15 is 0 Å². The number of nitrogens with zero attached hydrogens (tertiary/aromatic N) is 1. The second-order valence-corrected chi connectivity index (χ2v) is 2.28. The fraction of sp³-hybridized carbons (Fsp3) is 0.778. The van der Waals surface area contributed by atoms with Gasteiger partial charge in [0.1, 0.15) is 0 Å². The van der Waals surface area contributed by atoms with E-state index in [-0.39, 0.29) is 40.1 Å². The summed E-state index contributed by atoms with van der Waals surface area (Å²) in [6, 6.07) is 0.597. The molecule has 1 rings (SSSR count). The molecule has 1 unspecified atom stereocenters. The Hall–Kier alpha value is 1.06.